The lowest BCUT2D eigenvalue weighted by Gasteiger charge is -2.07. The first-order chi connectivity index (χ1) is 10.5. The monoisotopic (exact) mass is 353 g/mol. The summed E-state index contributed by atoms with van der Waals surface area (Å²) in [5.41, 5.74) is 0.756. The number of hydrogen-bond acceptors (Lipinski definition) is 6. The first-order valence-electron chi connectivity index (χ1n) is 6.01. The topological polar surface area (TPSA) is 89.0 Å². The lowest BCUT2D eigenvalue weighted by molar-refractivity contribution is 0.0983. The molecular weight excluding hydrogens is 346 g/mol. The molecule has 3 aromatic rings. The molecule has 0 fully saturated rings. The standard InChI is InChI=1S/C13H8ClN3O3S2/c14-8-4-6-9(7-5-8)22(19,20)16-13(18)10-2-1-3-11-12(10)21-17-15-11/h1-7H,(H,16,18). The van der Waals surface area contributed by atoms with Crippen molar-refractivity contribution in [2.75, 3.05) is 0 Å². The SMILES string of the molecule is O=C(NS(=O)(=O)c1ccc(Cl)cc1)c1cccc2nnsc12. The van der Waals surface area contributed by atoms with Crippen molar-refractivity contribution in [3.05, 3.63) is 53.1 Å². The van der Waals surface area contributed by atoms with E-state index in [0.29, 0.717) is 15.2 Å². The zero-order chi connectivity index (χ0) is 15.7. The van der Waals surface area contributed by atoms with Gasteiger partial charge in [-0.3, -0.25) is 4.79 Å². The summed E-state index contributed by atoms with van der Waals surface area (Å²) in [6.45, 7) is 0. The highest BCUT2D eigenvalue weighted by atomic mass is 35.5. The molecule has 112 valence electrons. The minimum atomic E-state index is -3.97. The fourth-order valence-corrected chi connectivity index (χ4v) is 3.60. The second-order valence-electron chi connectivity index (χ2n) is 4.32. The van der Waals surface area contributed by atoms with Crippen LogP contribution in [0.3, 0.4) is 0 Å². The molecule has 1 N–H and O–H groups in total. The van der Waals surface area contributed by atoms with Crippen LogP contribution in [-0.2, 0) is 10.0 Å². The highest BCUT2D eigenvalue weighted by Gasteiger charge is 2.20. The van der Waals surface area contributed by atoms with Gasteiger partial charge in [0.1, 0.15) is 5.52 Å². The van der Waals surface area contributed by atoms with Crippen molar-refractivity contribution in [3.8, 4) is 0 Å². The zero-order valence-corrected chi connectivity index (χ0v) is 13.2. The van der Waals surface area contributed by atoms with Crippen molar-refractivity contribution in [1.82, 2.24) is 14.3 Å². The second-order valence-corrected chi connectivity index (χ2v) is 7.19. The minimum absolute atomic E-state index is 0.0418. The van der Waals surface area contributed by atoms with Gasteiger partial charge in [-0.15, -0.1) is 5.10 Å². The van der Waals surface area contributed by atoms with Crippen LogP contribution in [0, 0.1) is 0 Å². The maximum Gasteiger partial charge on any atom is 0.266 e. The first-order valence-corrected chi connectivity index (χ1v) is 8.64. The Hall–Kier alpha value is -2.03. The van der Waals surface area contributed by atoms with Crippen LogP contribution in [0.1, 0.15) is 10.4 Å². The number of hydrogen-bond donors (Lipinski definition) is 1. The van der Waals surface area contributed by atoms with E-state index in [1.165, 1.54) is 30.3 Å². The Morgan fingerprint density at radius 3 is 2.59 bits per heavy atom. The van der Waals surface area contributed by atoms with Crippen LogP contribution in [0.2, 0.25) is 5.02 Å². The van der Waals surface area contributed by atoms with Crippen molar-refractivity contribution in [2.45, 2.75) is 4.90 Å². The molecule has 0 aliphatic rings. The summed E-state index contributed by atoms with van der Waals surface area (Å²) < 4.78 is 30.7. The smallest absolute Gasteiger partial charge is 0.266 e. The number of nitrogens with one attached hydrogen (secondary N) is 1. The summed E-state index contributed by atoms with van der Waals surface area (Å²) in [5, 5.41) is 4.26. The number of nitrogens with zero attached hydrogens (tertiary/aromatic N) is 2. The third kappa shape index (κ3) is 2.80. The normalized spacial score (nSPS) is 11.5. The minimum Gasteiger partial charge on any atom is -0.268 e. The molecule has 0 saturated carbocycles. The molecule has 1 amide bonds. The Morgan fingerprint density at radius 2 is 1.86 bits per heavy atom. The van der Waals surface area contributed by atoms with Gasteiger partial charge in [0, 0.05) is 5.02 Å². The van der Waals surface area contributed by atoms with E-state index in [9.17, 15) is 13.2 Å². The Labute approximate surface area is 134 Å². The molecule has 2 aromatic carbocycles. The molecule has 9 heteroatoms. The Bertz CT molecular complexity index is 952. The van der Waals surface area contributed by atoms with E-state index in [2.05, 4.69) is 9.59 Å². The number of amides is 1. The molecule has 0 unspecified atom stereocenters. The van der Waals surface area contributed by atoms with Crippen LogP contribution >= 0.6 is 23.1 Å². The van der Waals surface area contributed by atoms with Gasteiger partial charge < -0.3 is 0 Å². The molecule has 0 spiro atoms. The van der Waals surface area contributed by atoms with E-state index in [-0.39, 0.29) is 10.5 Å². The Kier molecular flexibility index (Phi) is 3.81. The summed E-state index contributed by atoms with van der Waals surface area (Å²) >= 11 is 6.75. The molecule has 6 nitrogen and oxygen atoms in total. The number of rotatable bonds is 3. The van der Waals surface area contributed by atoms with Crippen molar-refractivity contribution >= 4 is 49.3 Å². The van der Waals surface area contributed by atoms with E-state index in [4.69, 9.17) is 11.6 Å². The zero-order valence-electron chi connectivity index (χ0n) is 10.9. The molecular formula is C13H8ClN3O3S2. The van der Waals surface area contributed by atoms with Crippen molar-refractivity contribution < 1.29 is 13.2 Å². The number of benzene rings is 2. The number of sulfonamides is 1. The predicted molar refractivity (Wildman–Crippen MR) is 83.5 cm³/mol. The summed E-state index contributed by atoms with van der Waals surface area (Å²) in [6.07, 6.45) is 0. The van der Waals surface area contributed by atoms with E-state index in [1.807, 2.05) is 4.72 Å². The van der Waals surface area contributed by atoms with Gasteiger partial charge in [0.25, 0.3) is 15.9 Å². The number of aromatic nitrogens is 2. The first kappa shape index (κ1) is 14.9. The molecule has 0 atom stereocenters. The molecule has 22 heavy (non-hydrogen) atoms. The summed E-state index contributed by atoms with van der Waals surface area (Å²) in [4.78, 5) is 12.2. The largest absolute Gasteiger partial charge is 0.268 e. The summed E-state index contributed by atoms with van der Waals surface area (Å²) in [7, 11) is -3.97. The van der Waals surface area contributed by atoms with Crippen molar-refractivity contribution in [1.29, 1.82) is 0 Å². The molecule has 0 aliphatic carbocycles. The fourth-order valence-electron chi connectivity index (χ4n) is 1.83. The maximum absolute atomic E-state index is 12.2. The molecule has 0 bridgehead atoms. The average Bonchev–Trinajstić information content (AvgIpc) is 2.95. The lowest BCUT2D eigenvalue weighted by atomic mass is 10.2. The van der Waals surface area contributed by atoms with Crippen LogP contribution in [0.25, 0.3) is 10.2 Å². The lowest BCUT2D eigenvalue weighted by Crippen LogP contribution is -2.30. The number of halogens is 1. The van der Waals surface area contributed by atoms with Crippen LogP contribution in [0.15, 0.2) is 47.4 Å². The van der Waals surface area contributed by atoms with Crippen LogP contribution in [0.5, 0.6) is 0 Å². The van der Waals surface area contributed by atoms with Gasteiger partial charge in [0.05, 0.1) is 15.2 Å². The van der Waals surface area contributed by atoms with Gasteiger partial charge >= 0.3 is 0 Å². The highest BCUT2D eigenvalue weighted by Crippen LogP contribution is 2.21. The van der Waals surface area contributed by atoms with Gasteiger partial charge in [-0.2, -0.15) is 0 Å². The predicted octanol–water partition coefficient (Wildman–Crippen LogP) is 2.46. The Morgan fingerprint density at radius 1 is 1.14 bits per heavy atom. The Balaban J connectivity index is 1.93. The summed E-state index contributed by atoms with van der Waals surface area (Å²) in [6, 6.07) is 10.4. The number of carbonyl (C=O) groups is 1. The van der Waals surface area contributed by atoms with E-state index in [0.717, 1.165) is 11.5 Å². The van der Waals surface area contributed by atoms with Crippen LogP contribution < -0.4 is 4.72 Å². The van der Waals surface area contributed by atoms with E-state index >= 15 is 0 Å². The average molecular weight is 354 g/mol. The molecule has 1 aromatic heterocycles. The number of carbonyl (C=O) groups excluding carboxylic acids is 1. The molecule has 0 saturated heterocycles. The van der Waals surface area contributed by atoms with Crippen molar-refractivity contribution in [3.63, 3.8) is 0 Å². The summed E-state index contributed by atoms with van der Waals surface area (Å²) in [5.74, 6) is -0.730. The quantitative estimate of drug-likeness (QED) is 0.781. The van der Waals surface area contributed by atoms with Crippen LogP contribution in [0.4, 0.5) is 0 Å². The van der Waals surface area contributed by atoms with Crippen LogP contribution in [-0.4, -0.2) is 23.9 Å². The van der Waals surface area contributed by atoms with Gasteiger partial charge in [-0.05, 0) is 47.9 Å². The molecule has 3 rings (SSSR count). The number of fused-ring (bicyclic) bond motifs is 1. The third-order valence-corrected chi connectivity index (χ3v) is 5.24. The fraction of sp³-hybridized carbons (Fsp3) is 0. The van der Waals surface area contributed by atoms with E-state index < -0.39 is 15.9 Å². The third-order valence-electron chi connectivity index (χ3n) is 2.87. The van der Waals surface area contributed by atoms with Gasteiger partial charge in [0.2, 0.25) is 0 Å². The molecule has 0 aliphatic heterocycles. The second kappa shape index (κ2) is 5.64. The van der Waals surface area contributed by atoms with E-state index in [1.54, 1.807) is 12.1 Å². The maximum atomic E-state index is 12.2. The van der Waals surface area contributed by atoms with Crippen molar-refractivity contribution in [2.24, 2.45) is 0 Å². The van der Waals surface area contributed by atoms with Gasteiger partial charge in [-0.1, -0.05) is 22.2 Å². The molecule has 1 heterocycles. The van der Waals surface area contributed by atoms with Gasteiger partial charge in [-0.25, -0.2) is 13.1 Å². The molecule has 0 radical (unpaired) electrons. The van der Waals surface area contributed by atoms with Gasteiger partial charge in [0.15, 0.2) is 0 Å². The highest BCUT2D eigenvalue weighted by molar-refractivity contribution is 7.90.